The summed E-state index contributed by atoms with van der Waals surface area (Å²) >= 11 is 0. The van der Waals surface area contributed by atoms with Crippen molar-refractivity contribution in [2.75, 3.05) is 0 Å². The number of imidazole rings is 1. The van der Waals surface area contributed by atoms with Crippen molar-refractivity contribution in [1.82, 2.24) is 19.3 Å². The van der Waals surface area contributed by atoms with Gasteiger partial charge < -0.3 is 4.57 Å². The first-order valence-electron chi connectivity index (χ1n) is 5.69. The summed E-state index contributed by atoms with van der Waals surface area (Å²) < 4.78 is 3.53. The van der Waals surface area contributed by atoms with E-state index in [0.29, 0.717) is 11.4 Å². The molecule has 2 heterocycles. The van der Waals surface area contributed by atoms with E-state index < -0.39 is 0 Å². The minimum atomic E-state index is -0.0611. The van der Waals surface area contributed by atoms with Crippen molar-refractivity contribution in [1.29, 1.82) is 0 Å². The van der Waals surface area contributed by atoms with Crippen molar-refractivity contribution in [3.8, 4) is 0 Å². The number of nitrogens with zero attached hydrogens (tertiary/aromatic N) is 4. The molecule has 0 amide bonds. The zero-order valence-corrected chi connectivity index (χ0v) is 10.3. The number of rotatable bonds is 4. The molecule has 0 aliphatic heterocycles. The molecule has 0 aliphatic carbocycles. The summed E-state index contributed by atoms with van der Waals surface area (Å²) in [5, 5.41) is 4.18. The molecule has 0 aromatic carbocycles. The van der Waals surface area contributed by atoms with E-state index in [-0.39, 0.29) is 5.78 Å². The van der Waals surface area contributed by atoms with Gasteiger partial charge in [-0.2, -0.15) is 5.10 Å². The van der Waals surface area contributed by atoms with Crippen molar-refractivity contribution in [3.05, 3.63) is 35.7 Å². The first-order valence-corrected chi connectivity index (χ1v) is 5.69. The summed E-state index contributed by atoms with van der Waals surface area (Å²) in [6.45, 7) is 4.71. The fraction of sp³-hybridized carbons (Fsp3) is 0.417. The standard InChI is InChI=1S/C12H16N4O/c1-4-6-16-7-5-13-12(16)11(17)10-8-15(3)14-9(10)2/h5,7-8H,4,6H2,1-3H3. The lowest BCUT2D eigenvalue weighted by Crippen LogP contribution is -2.11. The van der Waals surface area contributed by atoms with Gasteiger partial charge in [-0.15, -0.1) is 0 Å². The van der Waals surface area contributed by atoms with Crippen LogP contribution in [-0.2, 0) is 13.6 Å². The average Bonchev–Trinajstić information content (AvgIpc) is 2.85. The highest BCUT2D eigenvalue weighted by Crippen LogP contribution is 2.11. The number of carbonyl (C=O) groups excluding carboxylic acids is 1. The molecule has 0 bridgehead atoms. The third-order valence-electron chi connectivity index (χ3n) is 2.64. The number of carbonyl (C=O) groups is 1. The Hall–Kier alpha value is -1.91. The number of hydrogen-bond donors (Lipinski definition) is 0. The summed E-state index contributed by atoms with van der Waals surface area (Å²) in [5.74, 6) is 0.428. The van der Waals surface area contributed by atoms with E-state index in [1.54, 1.807) is 17.1 Å². The van der Waals surface area contributed by atoms with Crippen LogP contribution < -0.4 is 0 Å². The Morgan fingerprint density at radius 2 is 2.24 bits per heavy atom. The molecule has 2 aromatic rings. The van der Waals surface area contributed by atoms with Gasteiger partial charge in [0, 0.05) is 32.2 Å². The van der Waals surface area contributed by atoms with E-state index in [0.717, 1.165) is 18.7 Å². The van der Waals surface area contributed by atoms with Gasteiger partial charge in [0.1, 0.15) is 0 Å². The maximum atomic E-state index is 12.3. The fourth-order valence-electron chi connectivity index (χ4n) is 1.88. The van der Waals surface area contributed by atoms with Crippen LogP contribution in [0.1, 0.15) is 35.2 Å². The van der Waals surface area contributed by atoms with E-state index in [1.807, 2.05) is 24.7 Å². The predicted octanol–water partition coefficient (Wildman–Crippen LogP) is 1.57. The SMILES string of the molecule is CCCn1ccnc1C(=O)c1cn(C)nc1C. The molecule has 0 saturated heterocycles. The Bertz CT molecular complexity index is 538. The van der Waals surface area contributed by atoms with Crippen LogP contribution in [0.5, 0.6) is 0 Å². The second kappa shape index (κ2) is 4.53. The van der Waals surface area contributed by atoms with Crippen LogP contribution in [0.3, 0.4) is 0 Å². The Morgan fingerprint density at radius 3 is 2.82 bits per heavy atom. The van der Waals surface area contributed by atoms with E-state index in [1.165, 1.54) is 0 Å². The third-order valence-corrected chi connectivity index (χ3v) is 2.64. The highest BCUT2D eigenvalue weighted by Gasteiger charge is 2.18. The highest BCUT2D eigenvalue weighted by atomic mass is 16.1. The average molecular weight is 232 g/mol. The Morgan fingerprint density at radius 1 is 1.47 bits per heavy atom. The van der Waals surface area contributed by atoms with Gasteiger partial charge in [-0.3, -0.25) is 9.48 Å². The summed E-state index contributed by atoms with van der Waals surface area (Å²) in [5.41, 5.74) is 1.36. The molecule has 2 aromatic heterocycles. The summed E-state index contributed by atoms with van der Waals surface area (Å²) in [6.07, 6.45) is 6.21. The molecule has 17 heavy (non-hydrogen) atoms. The van der Waals surface area contributed by atoms with Gasteiger partial charge in [0.25, 0.3) is 0 Å². The van der Waals surface area contributed by atoms with Crippen molar-refractivity contribution >= 4 is 5.78 Å². The van der Waals surface area contributed by atoms with Crippen LogP contribution >= 0.6 is 0 Å². The molecule has 0 spiro atoms. The molecule has 0 radical (unpaired) electrons. The number of aryl methyl sites for hydroxylation is 3. The molecule has 0 N–H and O–H groups in total. The largest absolute Gasteiger partial charge is 0.328 e. The van der Waals surface area contributed by atoms with Gasteiger partial charge in [-0.05, 0) is 13.3 Å². The molecule has 0 unspecified atom stereocenters. The molecular formula is C12H16N4O. The summed E-state index contributed by atoms with van der Waals surface area (Å²) in [7, 11) is 1.81. The number of hydrogen-bond acceptors (Lipinski definition) is 3. The van der Waals surface area contributed by atoms with Crippen molar-refractivity contribution in [2.45, 2.75) is 26.8 Å². The molecule has 5 heteroatoms. The normalized spacial score (nSPS) is 10.8. The fourth-order valence-corrected chi connectivity index (χ4v) is 1.88. The highest BCUT2D eigenvalue weighted by molar-refractivity contribution is 6.07. The quantitative estimate of drug-likeness (QED) is 0.752. The maximum Gasteiger partial charge on any atom is 0.231 e. The molecule has 90 valence electrons. The molecule has 2 rings (SSSR count). The molecule has 0 fully saturated rings. The topological polar surface area (TPSA) is 52.7 Å². The van der Waals surface area contributed by atoms with Gasteiger partial charge in [-0.1, -0.05) is 6.92 Å². The molecule has 0 atom stereocenters. The summed E-state index contributed by atoms with van der Waals surface area (Å²) in [4.78, 5) is 16.4. The number of ketones is 1. The Kier molecular flexibility index (Phi) is 3.08. The van der Waals surface area contributed by atoms with Crippen molar-refractivity contribution in [2.24, 2.45) is 7.05 Å². The Labute approximate surface area is 100 Å². The van der Waals surface area contributed by atoms with Crippen LogP contribution in [0, 0.1) is 6.92 Å². The molecule has 0 saturated carbocycles. The molecule has 0 aliphatic rings. The summed E-state index contributed by atoms with van der Waals surface area (Å²) in [6, 6.07) is 0. The van der Waals surface area contributed by atoms with Gasteiger partial charge in [0.05, 0.1) is 11.3 Å². The second-order valence-corrected chi connectivity index (χ2v) is 4.08. The third kappa shape index (κ3) is 2.13. The zero-order chi connectivity index (χ0) is 12.4. The Balaban J connectivity index is 2.37. The zero-order valence-electron chi connectivity index (χ0n) is 10.3. The molecule has 5 nitrogen and oxygen atoms in total. The molecular weight excluding hydrogens is 216 g/mol. The van der Waals surface area contributed by atoms with Crippen LogP contribution in [-0.4, -0.2) is 25.1 Å². The van der Waals surface area contributed by atoms with Crippen LogP contribution in [0.15, 0.2) is 18.6 Å². The lowest BCUT2D eigenvalue weighted by Gasteiger charge is -2.04. The van der Waals surface area contributed by atoms with Gasteiger partial charge in [0.15, 0.2) is 5.82 Å². The maximum absolute atomic E-state index is 12.3. The first-order chi connectivity index (χ1) is 8.13. The second-order valence-electron chi connectivity index (χ2n) is 4.08. The first kappa shape index (κ1) is 11.6. The van der Waals surface area contributed by atoms with Gasteiger partial charge in [0.2, 0.25) is 5.78 Å². The van der Waals surface area contributed by atoms with Crippen molar-refractivity contribution in [3.63, 3.8) is 0 Å². The van der Waals surface area contributed by atoms with E-state index in [9.17, 15) is 4.79 Å². The minimum absolute atomic E-state index is 0.0611. The van der Waals surface area contributed by atoms with Gasteiger partial charge >= 0.3 is 0 Å². The van der Waals surface area contributed by atoms with E-state index in [4.69, 9.17) is 0 Å². The number of aromatic nitrogens is 4. The van der Waals surface area contributed by atoms with Crippen molar-refractivity contribution < 1.29 is 4.79 Å². The lowest BCUT2D eigenvalue weighted by molar-refractivity contribution is 0.102. The monoisotopic (exact) mass is 232 g/mol. The van der Waals surface area contributed by atoms with Gasteiger partial charge in [-0.25, -0.2) is 4.98 Å². The van der Waals surface area contributed by atoms with Crippen LogP contribution in [0.25, 0.3) is 0 Å². The smallest absolute Gasteiger partial charge is 0.231 e. The van der Waals surface area contributed by atoms with Crippen LogP contribution in [0.4, 0.5) is 0 Å². The lowest BCUT2D eigenvalue weighted by atomic mass is 10.1. The predicted molar refractivity (Wildman–Crippen MR) is 63.9 cm³/mol. The minimum Gasteiger partial charge on any atom is -0.328 e. The van der Waals surface area contributed by atoms with E-state index in [2.05, 4.69) is 17.0 Å². The van der Waals surface area contributed by atoms with Crippen LogP contribution in [0.2, 0.25) is 0 Å². The van der Waals surface area contributed by atoms with E-state index >= 15 is 0 Å².